The van der Waals surface area contributed by atoms with Crippen LogP contribution in [0.25, 0.3) is 16.6 Å². The van der Waals surface area contributed by atoms with E-state index in [1.54, 1.807) is 0 Å². The number of hydrogen-bond donors (Lipinski definition) is 2. The first kappa shape index (κ1) is 20.7. The Morgan fingerprint density at radius 2 is 1.90 bits per heavy atom. The van der Waals surface area contributed by atoms with Crippen molar-refractivity contribution in [3.8, 4) is 5.69 Å². The molecule has 1 aliphatic carbocycles. The minimum absolute atomic E-state index is 0.389. The third kappa shape index (κ3) is 4.46. The van der Waals surface area contributed by atoms with Crippen LogP contribution in [0.4, 0.5) is 4.79 Å². The molecule has 158 valence electrons. The van der Waals surface area contributed by atoms with Gasteiger partial charge in [0.2, 0.25) is 0 Å². The van der Waals surface area contributed by atoms with Crippen LogP contribution in [0.3, 0.4) is 0 Å². The van der Waals surface area contributed by atoms with Gasteiger partial charge < -0.3 is 15.0 Å². The van der Waals surface area contributed by atoms with Gasteiger partial charge in [0.05, 0.1) is 11.7 Å². The zero-order chi connectivity index (χ0) is 21.3. The summed E-state index contributed by atoms with van der Waals surface area (Å²) in [7, 11) is 0. The van der Waals surface area contributed by atoms with E-state index < -0.39 is 6.09 Å². The van der Waals surface area contributed by atoms with Gasteiger partial charge in [0, 0.05) is 34.0 Å². The summed E-state index contributed by atoms with van der Waals surface area (Å²) < 4.78 is 2.21. The number of amides is 1. The number of nitrogens with one attached hydrogen (secondary N) is 1. The minimum Gasteiger partial charge on any atom is -0.465 e. The van der Waals surface area contributed by atoms with E-state index in [-0.39, 0.29) is 5.54 Å². The Balaban J connectivity index is 1.54. The fourth-order valence-electron chi connectivity index (χ4n) is 4.98. The highest BCUT2D eigenvalue weighted by atomic mass is 35.5. The summed E-state index contributed by atoms with van der Waals surface area (Å²) in [5, 5.41) is 13.7. The Hall–Kier alpha value is -2.53. The highest BCUT2D eigenvalue weighted by Crippen LogP contribution is 2.42. The maximum atomic E-state index is 11.0. The van der Waals surface area contributed by atoms with Crippen molar-refractivity contribution in [3.05, 3.63) is 59.5 Å². The summed E-state index contributed by atoms with van der Waals surface area (Å²) in [4.78, 5) is 15.4. The Bertz CT molecular complexity index is 1030. The Morgan fingerprint density at radius 3 is 2.57 bits per heavy atom. The first-order chi connectivity index (χ1) is 14.3. The van der Waals surface area contributed by atoms with Gasteiger partial charge in [0.15, 0.2) is 0 Å². The number of carbonyl (C=O) groups is 1. The molecule has 0 atom stereocenters. The average molecular weight is 426 g/mol. The number of nitrogens with zero attached hydrogens (tertiary/aromatic N) is 2. The summed E-state index contributed by atoms with van der Waals surface area (Å²) in [5.41, 5.74) is 3.19. The lowest BCUT2D eigenvalue weighted by atomic mass is 9.75. The van der Waals surface area contributed by atoms with Gasteiger partial charge in [-0.2, -0.15) is 0 Å². The van der Waals surface area contributed by atoms with Crippen LogP contribution in [0.1, 0.15) is 57.4 Å². The highest BCUT2D eigenvalue weighted by Gasteiger charge is 2.30. The number of aromatic nitrogens is 2. The van der Waals surface area contributed by atoms with Crippen LogP contribution in [-0.2, 0) is 0 Å². The molecule has 0 saturated heterocycles. The standard InChI is InChI=1S/C24H28ClN3O2/c1-24(2,27-23(29)30)13-16-3-5-17(6-4-16)21-15-28(19-9-7-18(25)8-10-19)22-14-26-12-11-20(21)22/h7-12,14-17,27H,3-6,13H2,1-2H3,(H,29,30). The van der Waals surface area contributed by atoms with Crippen LogP contribution in [0.15, 0.2) is 48.9 Å². The van der Waals surface area contributed by atoms with Crippen LogP contribution in [-0.4, -0.2) is 26.3 Å². The van der Waals surface area contributed by atoms with Crippen molar-refractivity contribution in [3.63, 3.8) is 0 Å². The summed E-state index contributed by atoms with van der Waals surface area (Å²) in [6, 6.07) is 10.0. The molecule has 0 aliphatic heterocycles. The largest absolute Gasteiger partial charge is 0.465 e. The SMILES string of the molecule is CC(C)(CC1CCC(c2cn(-c3ccc(Cl)cc3)c3cnccc23)CC1)NC(=O)O. The molecule has 3 aromatic rings. The molecule has 2 heterocycles. The molecule has 30 heavy (non-hydrogen) atoms. The van der Waals surface area contributed by atoms with E-state index in [1.807, 2.05) is 50.5 Å². The van der Waals surface area contributed by atoms with E-state index in [2.05, 4.69) is 27.1 Å². The van der Waals surface area contributed by atoms with Crippen molar-refractivity contribution in [2.24, 2.45) is 5.92 Å². The number of pyridine rings is 1. The van der Waals surface area contributed by atoms with Gasteiger partial charge in [-0.05, 0) is 93.7 Å². The Kier molecular flexibility index (Phi) is 5.74. The van der Waals surface area contributed by atoms with E-state index in [4.69, 9.17) is 16.7 Å². The van der Waals surface area contributed by atoms with E-state index in [9.17, 15) is 4.79 Å². The molecule has 0 radical (unpaired) electrons. The summed E-state index contributed by atoms with van der Waals surface area (Å²) >= 11 is 6.07. The molecule has 0 spiro atoms. The van der Waals surface area contributed by atoms with Gasteiger partial charge in [0.1, 0.15) is 0 Å². The van der Waals surface area contributed by atoms with Crippen LogP contribution in [0.2, 0.25) is 5.02 Å². The topological polar surface area (TPSA) is 67.2 Å². The molecule has 0 bridgehead atoms. The number of halogens is 1. The van der Waals surface area contributed by atoms with Gasteiger partial charge in [-0.1, -0.05) is 11.6 Å². The fraction of sp³-hybridized carbons (Fsp3) is 0.417. The molecule has 4 rings (SSSR count). The lowest BCUT2D eigenvalue weighted by Crippen LogP contribution is -2.44. The van der Waals surface area contributed by atoms with E-state index in [0.29, 0.717) is 11.8 Å². The first-order valence-corrected chi connectivity index (χ1v) is 10.9. The molecule has 2 aromatic heterocycles. The second kappa shape index (κ2) is 8.31. The van der Waals surface area contributed by atoms with Gasteiger partial charge in [0.25, 0.3) is 0 Å². The fourth-order valence-corrected chi connectivity index (χ4v) is 5.11. The lowest BCUT2D eigenvalue weighted by molar-refractivity contribution is 0.171. The number of rotatable bonds is 5. The van der Waals surface area contributed by atoms with E-state index in [1.165, 1.54) is 10.9 Å². The monoisotopic (exact) mass is 425 g/mol. The van der Waals surface area contributed by atoms with Crippen LogP contribution >= 0.6 is 11.6 Å². The molecule has 5 nitrogen and oxygen atoms in total. The van der Waals surface area contributed by atoms with Crippen molar-refractivity contribution in [2.75, 3.05) is 0 Å². The van der Waals surface area contributed by atoms with Crippen LogP contribution in [0.5, 0.6) is 0 Å². The highest BCUT2D eigenvalue weighted by molar-refractivity contribution is 6.30. The predicted octanol–water partition coefficient (Wildman–Crippen LogP) is 6.39. The molecule has 1 amide bonds. The molecular formula is C24H28ClN3O2. The van der Waals surface area contributed by atoms with Gasteiger partial charge in [-0.25, -0.2) is 4.79 Å². The van der Waals surface area contributed by atoms with E-state index in [0.717, 1.165) is 48.3 Å². The predicted molar refractivity (Wildman–Crippen MR) is 121 cm³/mol. The van der Waals surface area contributed by atoms with Gasteiger partial charge in [-0.15, -0.1) is 0 Å². The zero-order valence-electron chi connectivity index (χ0n) is 17.4. The number of fused-ring (bicyclic) bond motifs is 1. The Labute approximate surface area is 182 Å². The summed E-state index contributed by atoms with van der Waals surface area (Å²) in [6.45, 7) is 3.94. The van der Waals surface area contributed by atoms with Crippen molar-refractivity contribution in [1.82, 2.24) is 14.9 Å². The molecule has 1 aromatic carbocycles. The van der Waals surface area contributed by atoms with Crippen molar-refractivity contribution < 1.29 is 9.90 Å². The third-order valence-electron chi connectivity index (χ3n) is 6.27. The number of benzene rings is 1. The molecule has 1 fully saturated rings. The normalized spacial score (nSPS) is 19.7. The van der Waals surface area contributed by atoms with Crippen molar-refractivity contribution in [2.45, 2.75) is 57.4 Å². The molecule has 1 aliphatic rings. The van der Waals surface area contributed by atoms with Crippen molar-refractivity contribution in [1.29, 1.82) is 0 Å². The number of hydrogen-bond acceptors (Lipinski definition) is 2. The quantitative estimate of drug-likeness (QED) is 0.497. The number of carboxylic acid groups (broad SMARTS) is 1. The summed E-state index contributed by atoms with van der Waals surface area (Å²) in [6.07, 6.45) is 10.5. The van der Waals surface area contributed by atoms with Gasteiger partial charge >= 0.3 is 6.09 Å². The van der Waals surface area contributed by atoms with E-state index >= 15 is 0 Å². The molecule has 1 saturated carbocycles. The summed E-state index contributed by atoms with van der Waals surface area (Å²) in [5.74, 6) is 1.06. The molecule has 2 N–H and O–H groups in total. The maximum absolute atomic E-state index is 11.0. The molecule has 0 unspecified atom stereocenters. The van der Waals surface area contributed by atoms with Crippen LogP contribution in [0, 0.1) is 5.92 Å². The maximum Gasteiger partial charge on any atom is 0.405 e. The smallest absolute Gasteiger partial charge is 0.405 e. The molecule has 6 heteroatoms. The van der Waals surface area contributed by atoms with Crippen LogP contribution < -0.4 is 5.32 Å². The van der Waals surface area contributed by atoms with Gasteiger partial charge in [-0.3, -0.25) is 4.98 Å². The average Bonchev–Trinajstić information content (AvgIpc) is 3.08. The zero-order valence-corrected chi connectivity index (χ0v) is 18.2. The Morgan fingerprint density at radius 1 is 1.20 bits per heavy atom. The first-order valence-electron chi connectivity index (χ1n) is 10.5. The molecular weight excluding hydrogens is 398 g/mol. The van der Waals surface area contributed by atoms with Crippen molar-refractivity contribution >= 4 is 28.6 Å². The third-order valence-corrected chi connectivity index (χ3v) is 6.53. The second-order valence-corrected chi connectivity index (χ2v) is 9.50. The second-order valence-electron chi connectivity index (χ2n) is 9.06. The lowest BCUT2D eigenvalue weighted by Gasteiger charge is -2.34. The minimum atomic E-state index is -0.947.